The third-order valence-electron chi connectivity index (χ3n) is 2.88. The van der Waals surface area contributed by atoms with Gasteiger partial charge < -0.3 is 20.3 Å². The highest BCUT2D eigenvalue weighted by atomic mass is 32.2. The van der Waals surface area contributed by atoms with E-state index in [9.17, 15) is 9.59 Å². The van der Waals surface area contributed by atoms with Crippen LogP contribution in [0.2, 0.25) is 0 Å². The molecule has 0 unspecified atom stereocenters. The fourth-order valence-electron chi connectivity index (χ4n) is 1.76. The van der Waals surface area contributed by atoms with Crippen molar-refractivity contribution in [1.29, 1.82) is 0 Å². The second-order valence-corrected chi connectivity index (χ2v) is 5.86. The average molecular weight is 326 g/mol. The molecule has 0 radical (unpaired) electrons. The first-order valence-electron chi connectivity index (χ1n) is 6.71. The van der Waals surface area contributed by atoms with Crippen LogP contribution in [0.25, 0.3) is 0 Å². The Balaban J connectivity index is 1.82. The summed E-state index contributed by atoms with van der Waals surface area (Å²) in [5.74, 6) is 1.13. The van der Waals surface area contributed by atoms with Gasteiger partial charge in [-0.2, -0.15) is 15.0 Å². The van der Waals surface area contributed by atoms with E-state index in [1.807, 2.05) is 0 Å². The summed E-state index contributed by atoms with van der Waals surface area (Å²) < 4.78 is 5.10. The molecule has 2 rings (SSSR count). The minimum Gasteiger partial charge on any atom is -0.457 e. The molecule has 1 saturated heterocycles. The highest BCUT2D eigenvalue weighted by molar-refractivity contribution is 8.13. The van der Waals surface area contributed by atoms with E-state index in [0.29, 0.717) is 19.0 Å². The lowest BCUT2D eigenvalue weighted by molar-refractivity contribution is -0.145. The molecule has 1 aliphatic rings. The Morgan fingerprint density at radius 1 is 1.41 bits per heavy atom. The molecule has 0 aromatic carbocycles. The van der Waals surface area contributed by atoms with Crippen LogP contribution in [0.4, 0.5) is 16.7 Å². The van der Waals surface area contributed by atoms with E-state index in [0.717, 1.165) is 5.75 Å². The van der Waals surface area contributed by atoms with Crippen molar-refractivity contribution >= 4 is 34.9 Å². The number of thioether (sulfide) groups is 1. The van der Waals surface area contributed by atoms with Crippen LogP contribution >= 0.6 is 11.8 Å². The molecule has 2 heterocycles. The molecule has 0 bridgehead atoms. The van der Waals surface area contributed by atoms with Crippen molar-refractivity contribution < 1.29 is 14.3 Å². The first-order chi connectivity index (χ1) is 10.5. The van der Waals surface area contributed by atoms with E-state index in [4.69, 9.17) is 10.5 Å². The van der Waals surface area contributed by atoms with Crippen molar-refractivity contribution in [3.8, 4) is 0 Å². The van der Waals surface area contributed by atoms with Crippen LogP contribution in [0.3, 0.4) is 0 Å². The summed E-state index contributed by atoms with van der Waals surface area (Å²) in [7, 11) is 3.55. The third kappa shape index (κ3) is 4.45. The van der Waals surface area contributed by atoms with Crippen LogP contribution in [0.5, 0.6) is 0 Å². The van der Waals surface area contributed by atoms with Crippen LogP contribution in [-0.4, -0.2) is 64.0 Å². The summed E-state index contributed by atoms with van der Waals surface area (Å²) in [6, 6.07) is 0. The zero-order valence-electron chi connectivity index (χ0n) is 12.5. The zero-order valence-corrected chi connectivity index (χ0v) is 13.3. The van der Waals surface area contributed by atoms with Crippen LogP contribution < -0.4 is 10.6 Å². The SMILES string of the molecule is CN(C)c1nc(N)nc(COC(=O)CCN2CCSC2=O)n1. The topological polar surface area (TPSA) is 115 Å². The molecular formula is C12H18N6O3S. The molecule has 120 valence electrons. The predicted molar refractivity (Wildman–Crippen MR) is 82.4 cm³/mol. The zero-order chi connectivity index (χ0) is 16.1. The van der Waals surface area contributed by atoms with Gasteiger partial charge in [-0.1, -0.05) is 11.8 Å². The van der Waals surface area contributed by atoms with E-state index < -0.39 is 5.97 Å². The standard InChI is InChI=1S/C12H18N6O3S/c1-17(2)11-15-8(14-10(13)16-11)7-21-9(19)3-4-18-5-6-22-12(18)20/h3-7H2,1-2H3,(H2,13,14,15,16). The van der Waals surface area contributed by atoms with E-state index in [1.54, 1.807) is 23.9 Å². The summed E-state index contributed by atoms with van der Waals surface area (Å²) in [4.78, 5) is 38.4. The number of anilines is 2. The maximum atomic E-state index is 11.7. The predicted octanol–water partition coefficient (Wildman–Crippen LogP) is 0.122. The summed E-state index contributed by atoms with van der Waals surface area (Å²) in [5.41, 5.74) is 5.58. The van der Waals surface area contributed by atoms with Gasteiger partial charge in [0.2, 0.25) is 11.9 Å². The Morgan fingerprint density at radius 2 is 2.18 bits per heavy atom. The molecule has 0 atom stereocenters. The number of ether oxygens (including phenoxy) is 1. The Labute approximate surface area is 132 Å². The molecule has 1 aliphatic heterocycles. The Kier molecular flexibility index (Phi) is 5.36. The smallest absolute Gasteiger partial charge is 0.308 e. The van der Waals surface area contributed by atoms with Crippen molar-refractivity contribution in [3.63, 3.8) is 0 Å². The lowest BCUT2D eigenvalue weighted by Crippen LogP contribution is -2.26. The third-order valence-corrected chi connectivity index (χ3v) is 3.77. The first-order valence-corrected chi connectivity index (χ1v) is 7.69. The number of aromatic nitrogens is 3. The van der Waals surface area contributed by atoms with Gasteiger partial charge in [0.1, 0.15) is 0 Å². The van der Waals surface area contributed by atoms with Crippen molar-refractivity contribution in [1.82, 2.24) is 19.9 Å². The first kappa shape index (κ1) is 16.3. The fraction of sp³-hybridized carbons (Fsp3) is 0.583. The minimum atomic E-state index is -0.407. The number of hydrogen-bond donors (Lipinski definition) is 1. The van der Waals surface area contributed by atoms with Gasteiger partial charge in [0.25, 0.3) is 5.24 Å². The Hall–Kier alpha value is -2.10. The summed E-state index contributed by atoms with van der Waals surface area (Å²) in [6.07, 6.45) is 0.146. The lowest BCUT2D eigenvalue weighted by atomic mass is 10.4. The largest absolute Gasteiger partial charge is 0.457 e. The van der Waals surface area contributed by atoms with Crippen LogP contribution in [0, 0.1) is 0 Å². The van der Waals surface area contributed by atoms with Crippen molar-refractivity contribution in [2.24, 2.45) is 0 Å². The molecule has 10 heteroatoms. The molecular weight excluding hydrogens is 308 g/mol. The maximum absolute atomic E-state index is 11.7. The van der Waals surface area contributed by atoms with E-state index in [-0.39, 0.29) is 30.0 Å². The van der Waals surface area contributed by atoms with Crippen molar-refractivity contribution in [2.75, 3.05) is 43.6 Å². The van der Waals surface area contributed by atoms with Crippen LogP contribution in [-0.2, 0) is 16.1 Å². The van der Waals surface area contributed by atoms with Gasteiger partial charge in [0.05, 0.1) is 6.42 Å². The van der Waals surface area contributed by atoms with Gasteiger partial charge in [-0.3, -0.25) is 9.59 Å². The molecule has 1 aromatic heterocycles. The molecule has 2 N–H and O–H groups in total. The molecule has 1 fully saturated rings. The number of nitrogen functional groups attached to an aromatic ring is 1. The van der Waals surface area contributed by atoms with Crippen LogP contribution in [0.1, 0.15) is 12.2 Å². The molecule has 1 amide bonds. The molecule has 22 heavy (non-hydrogen) atoms. The molecule has 1 aromatic rings. The quantitative estimate of drug-likeness (QED) is 0.728. The highest BCUT2D eigenvalue weighted by Gasteiger charge is 2.21. The fourth-order valence-corrected chi connectivity index (χ4v) is 2.61. The van der Waals surface area contributed by atoms with E-state index >= 15 is 0 Å². The lowest BCUT2D eigenvalue weighted by Gasteiger charge is -2.14. The van der Waals surface area contributed by atoms with Gasteiger partial charge in [-0.05, 0) is 0 Å². The van der Waals surface area contributed by atoms with E-state index in [1.165, 1.54) is 11.8 Å². The second kappa shape index (κ2) is 7.25. The van der Waals surface area contributed by atoms with Gasteiger partial charge in [-0.15, -0.1) is 0 Å². The van der Waals surface area contributed by atoms with Crippen molar-refractivity contribution in [3.05, 3.63) is 5.82 Å². The van der Waals surface area contributed by atoms with Crippen LogP contribution in [0.15, 0.2) is 0 Å². The second-order valence-electron chi connectivity index (χ2n) is 4.82. The minimum absolute atomic E-state index is 0.00802. The number of nitrogens with zero attached hydrogens (tertiary/aromatic N) is 5. The number of rotatable bonds is 6. The van der Waals surface area contributed by atoms with E-state index in [2.05, 4.69) is 15.0 Å². The number of amides is 1. The Morgan fingerprint density at radius 3 is 2.82 bits per heavy atom. The molecule has 0 saturated carbocycles. The summed E-state index contributed by atoms with van der Waals surface area (Å²) in [5, 5.41) is 0.00802. The normalized spacial score (nSPS) is 14.3. The maximum Gasteiger partial charge on any atom is 0.308 e. The van der Waals surface area contributed by atoms with Gasteiger partial charge in [0, 0.05) is 32.9 Å². The monoisotopic (exact) mass is 326 g/mol. The average Bonchev–Trinajstić information content (AvgIpc) is 2.87. The number of carbonyl (C=O) groups is 2. The molecule has 0 aliphatic carbocycles. The number of hydrogen-bond acceptors (Lipinski definition) is 9. The number of carbonyl (C=O) groups excluding carboxylic acids is 2. The number of nitrogens with two attached hydrogens (primary N) is 1. The van der Waals surface area contributed by atoms with Gasteiger partial charge >= 0.3 is 5.97 Å². The van der Waals surface area contributed by atoms with Gasteiger partial charge in [0.15, 0.2) is 12.4 Å². The summed E-state index contributed by atoms with van der Waals surface area (Å²) >= 11 is 1.26. The van der Waals surface area contributed by atoms with Gasteiger partial charge in [-0.25, -0.2) is 0 Å². The van der Waals surface area contributed by atoms with Crippen molar-refractivity contribution in [2.45, 2.75) is 13.0 Å². The Bertz CT molecular complexity index is 568. The number of esters is 1. The molecule has 0 spiro atoms. The highest BCUT2D eigenvalue weighted by Crippen LogP contribution is 2.17. The molecule has 9 nitrogen and oxygen atoms in total. The summed E-state index contributed by atoms with van der Waals surface area (Å²) in [6.45, 7) is 0.967.